The lowest BCUT2D eigenvalue weighted by molar-refractivity contribution is -0.128. The molecule has 0 aromatic heterocycles. The number of hydrogen-bond donors (Lipinski definition) is 1. The third kappa shape index (κ3) is 5.96. The minimum Gasteiger partial charge on any atom is -0.352 e. The standard InChI is InChI=1S/C27H29ClN2O/c28-24-17-15-23(16-18-24)26(27(31)29-25-13-7-8-14-25)30(19-21-9-3-1-4-10-21)20-22-11-5-2-6-12-22/h1-6,9-12,15-18,25-26H,7-8,13-14,19-20H2,(H,29,31)/t26-/m1/s1. The van der Waals surface area contributed by atoms with E-state index in [0.717, 1.165) is 18.4 Å². The van der Waals surface area contributed by atoms with Crippen molar-refractivity contribution in [2.75, 3.05) is 0 Å². The molecule has 0 spiro atoms. The highest BCUT2D eigenvalue weighted by atomic mass is 35.5. The molecular weight excluding hydrogens is 404 g/mol. The summed E-state index contributed by atoms with van der Waals surface area (Å²) in [6.07, 6.45) is 4.51. The van der Waals surface area contributed by atoms with Crippen molar-refractivity contribution in [3.8, 4) is 0 Å². The molecule has 1 amide bonds. The summed E-state index contributed by atoms with van der Waals surface area (Å²) >= 11 is 6.16. The van der Waals surface area contributed by atoms with Gasteiger partial charge in [0.05, 0.1) is 0 Å². The van der Waals surface area contributed by atoms with Crippen LogP contribution in [0.25, 0.3) is 0 Å². The van der Waals surface area contributed by atoms with Gasteiger partial charge in [-0.3, -0.25) is 9.69 Å². The number of nitrogens with one attached hydrogen (secondary N) is 1. The van der Waals surface area contributed by atoms with E-state index in [-0.39, 0.29) is 11.9 Å². The van der Waals surface area contributed by atoms with Crippen molar-refractivity contribution in [3.63, 3.8) is 0 Å². The molecular formula is C27H29ClN2O. The number of halogens is 1. The molecule has 0 saturated heterocycles. The second kappa shape index (κ2) is 10.6. The molecule has 4 rings (SSSR count). The molecule has 3 nitrogen and oxygen atoms in total. The molecule has 0 unspecified atom stereocenters. The van der Waals surface area contributed by atoms with Crippen LogP contribution in [0, 0.1) is 0 Å². The maximum atomic E-state index is 13.6. The monoisotopic (exact) mass is 432 g/mol. The zero-order chi connectivity index (χ0) is 21.5. The first-order valence-corrected chi connectivity index (χ1v) is 11.4. The van der Waals surface area contributed by atoms with Crippen LogP contribution < -0.4 is 5.32 Å². The van der Waals surface area contributed by atoms with Gasteiger partial charge in [0.25, 0.3) is 0 Å². The molecule has 0 bridgehead atoms. The highest BCUT2D eigenvalue weighted by molar-refractivity contribution is 6.30. The third-order valence-electron chi connectivity index (χ3n) is 5.96. The molecule has 1 saturated carbocycles. The van der Waals surface area contributed by atoms with Gasteiger partial charge in [0.2, 0.25) is 5.91 Å². The van der Waals surface area contributed by atoms with E-state index in [4.69, 9.17) is 11.6 Å². The first-order chi connectivity index (χ1) is 15.2. The van der Waals surface area contributed by atoms with Crippen LogP contribution in [-0.4, -0.2) is 16.8 Å². The number of rotatable bonds is 8. The summed E-state index contributed by atoms with van der Waals surface area (Å²) < 4.78 is 0. The number of carbonyl (C=O) groups is 1. The highest BCUT2D eigenvalue weighted by Gasteiger charge is 2.30. The van der Waals surface area contributed by atoms with Gasteiger partial charge >= 0.3 is 0 Å². The zero-order valence-electron chi connectivity index (χ0n) is 17.7. The maximum absolute atomic E-state index is 13.6. The molecule has 3 aromatic rings. The summed E-state index contributed by atoms with van der Waals surface area (Å²) in [4.78, 5) is 15.9. The van der Waals surface area contributed by atoms with Crippen LogP contribution in [0.5, 0.6) is 0 Å². The Morgan fingerprint density at radius 1 is 0.839 bits per heavy atom. The molecule has 1 N–H and O–H groups in total. The first-order valence-electron chi connectivity index (χ1n) is 11.1. The fraction of sp³-hybridized carbons (Fsp3) is 0.296. The van der Waals surface area contributed by atoms with Gasteiger partial charge in [-0.2, -0.15) is 0 Å². The molecule has 0 radical (unpaired) electrons. The van der Waals surface area contributed by atoms with Crippen LogP contribution >= 0.6 is 11.6 Å². The Bertz CT molecular complexity index is 912. The second-order valence-corrected chi connectivity index (χ2v) is 8.76. The summed E-state index contributed by atoms with van der Waals surface area (Å²) in [5.74, 6) is 0.0704. The number of nitrogens with zero attached hydrogens (tertiary/aromatic N) is 1. The van der Waals surface area contributed by atoms with Gasteiger partial charge in [0, 0.05) is 24.2 Å². The van der Waals surface area contributed by atoms with Crippen LogP contribution in [0.3, 0.4) is 0 Å². The number of hydrogen-bond acceptors (Lipinski definition) is 2. The fourth-order valence-corrected chi connectivity index (χ4v) is 4.52. The molecule has 1 atom stereocenters. The van der Waals surface area contributed by atoms with E-state index in [1.807, 2.05) is 60.7 Å². The molecule has 1 aliphatic carbocycles. The summed E-state index contributed by atoms with van der Waals surface area (Å²) in [7, 11) is 0. The maximum Gasteiger partial charge on any atom is 0.242 e. The molecule has 3 aromatic carbocycles. The van der Waals surface area contributed by atoms with Gasteiger partial charge in [-0.1, -0.05) is 97.2 Å². The number of carbonyl (C=O) groups excluding carboxylic acids is 1. The quantitative estimate of drug-likeness (QED) is 0.463. The summed E-state index contributed by atoms with van der Waals surface area (Å²) in [6, 6.07) is 28.3. The van der Waals surface area contributed by atoms with Crippen LogP contribution in [0.2, 0.25) is 5.02 Å². The zero-order valence-corrected chi connectivity index (χ0v) is 18.5. The fourth-order valence-electron chi connectivity index (χ4n) is 4.40. The molecule has 1 aliphatic rings. The van der Waals surface area contributed by atoms with Crippen molar-refractivity contribution >= 4 is 17.5 Å². The van der Waals surface area contributed by atoms with Crippen molar-refractivity contribution in [2.45, 2.75) is 50.9 Å². The lowest BCUT2D eigenvalue weighted by atomic mass is 10.0. The van der Waals surface area contributed by atoms with Crippen molar-refractivity contribution < 1.29 is 4.79 Å². The van der Waals surface area contributed by atoms with Gasteiger partial charge < -0.3 is 5.32 Å². The molecule has 31 heavy (non-hydrogen) atoms. The van der Waals surface area contributed by atoms with E-state index in [2.05, 4.69) is 34.5 Å². The van der Waals surface area contributed by atoms with Crippen molar-refractivity contribution in [2.24, 2.45) is 0 Å². The van der Waals surface area contributed by atoms with Gasteiger partial charge in [-0.05, 0) is 41.7 Å². The predicted molar refractivity (Wildman–Crippen MR) is 127 cm³/mol. The van der Waals surface area contributed by atoms with E-state index in [1.54, 1.807) is 0 Å². The Kier molecular flexibility index (Phi) is 7.39. The Hall–Kier alpha value is -2.62. The Morgan fingerprint density at radius 2 is 1.35 bits per heavy atom. The van der Waals surface area contributed by atoms with Gasteiger partial charge in [-0.25, -0.2) is 0 Å². The number of amides is 1. The predicted octanol–water partition coefficient (Wildman–Crippen LogP) is 6.14. The van der Waals surface area contributed by atoms with Crippen molar-refractivity contribution in [3.05, 3.63) is 107 Å². The van der Waals surface area contributed by atoms with E-state index < -0.39 is 6.04 Å². The van der Waals surface area contributed by atoms with E-state index in [0.29, 0.717) is 18.1 Å². The van der Waals surface area contributed by atoms with E-state index in [9.17, 15) is 4.79 Å². The summed E-state index contributed by atoms with van der Waals surface area (Å²) in [6.45, 7) is 1.36. The van der Waals surface area contributed by atoms with Crippen LogP contribution in [0.1, 0.15) is 48.4 Å². The Balaban J connectivity index is 1.67. The molecule has 0 heterocycles. The van der Waals surface area contributed by atoms with Crippen LogP contribution in [0.4, 0.5) is 0 Å². The van der Waals surface area contributed by atoms with Gasteiger partial charge in [-0.15, -0.1) is 0 Å². The smallest absolute Gasteiger partial charge is 0.242 e. The van der Waals surface area contributed by atoms with Crippen molar-refractivity contribution in [1.29, 1.82) is 0 Å². The molecule has 1 fully saturated rings. The summed E-state index contributed by atoms with van der Waals surface area (Å²) in [5.41, 5.74) is 3.34. The van der Waals surface area contributed by atoms with Gasteiger partial charge in [0.1, 0.15) is 6.04 Å². The average molecular weight is 433 g/mol. The van der Waals surface area contributed by atoms with Crippen LogP contribution in [0.15, 0.2) is 84.9 Å². The Morgan fingerprint density at radius 3 is 1.87 bits per heavy atom. The lowest BCUT2D eigenvalue weighted by Crippen LogP contribution is -2.43. The molecule has 160 valence electrons. The SMILES string of the molecule is O=C(NC1CCCC1)[C@@H](c1ccc(Cl)cc1)N(Cc1ccccc1)Cc1ccccc1. The largest absolute Gasteiger partial charge is 0.352 e. The second-order valence-electron chi connectivity index (χ2n) is 8.32. The van der Waals surface area contributed by atoms with E-state index in [1.165, 1.54) is 24.0 Å². The third-order valence-corrected chi connectivity index (χ3v) is 6.21. The van der Waals surface area contributed by atoms with Crippen LogP contribution in [-0.2, 0) is 17.9 Å². The first kappa shape index (κ1) is 21.6. The topological polar surface area (TPSA) is 32.3 Å². The van der Waals surface area contributed by atoms with E-state index >= 15 is 0 Å². The molecule has 4 heteroatoms. The number of benzene rings is 3. The lowest BCUT2D eigenvalue weighted by Gasteiger charge is -2.32. The average Bonchev–Trinajstić information content (AvgIpc) is 3.30. The minimum atomic E-state index is -0.390. The minimum absolute atomic E-state index is 0.0704. The summed E-state index contributed by atoms with van der Waals surface area (Å²) in [5, 5.41) is 4.01. The van der Waals surface area contributed by atoms with Gasteiger partial charge in [0.15, 0.2) is 0 Å². The Labute approximate surface area is 190 Å². The normalized spacial score (nSPS) is 15.2. The van der Waals surface area contributed by atoms with Crippen molar-refractivity contribution in [1.82, 2.24) is 10.2 Å². The molecule has 0 aliphatic heterocycles. The highest BCUT2D eigenvalue weighted by Crippen LogP contribution is 2.28.